The van der Waals surface area contributed by atoms with Gasteiger partial charge in [0.05, 0.1) is 0 Å². The molecule has 0 aliphatic carbocycles. The molecular weight excluding hydrogens is 268 g/mol. The highest BCUT2D eigenvalue weighted by molar-refractivity contribution is 6.30. The Bertz CT molecular complexity index is 425. The zero-order valence-electron chi connectivity index (χ0n) is 12.3. The van der Waals surface area contributed by atoms with Crippen LogP contribution in [0.25, 0.3) is 0 Å². The molecular formula is C17H25ClN2. The van der Waals surface area contributed by atoms with Crippen molar-refractivity contribution in [2.24, 2.45) is 0 Å². The van der Waals surface area contributed by atoms with Crippen LogP contribution in [0.1, 0.15) is 50.6 Å². The molecule has 0 amide bonds. The zero-order valence-corrected chi connectivity index (χ0v) is 13.1. The van der Waals surface area contributed by atoms with Gasteiger partial charge in [-0.2, -0.15) is 0 Å². The standard InChI is InChI=1S/C17H25ClN2/c1-2-16(13-7-9-14(18)10-8-13)20-12-4-6-17(20)15-5-3-11-19-15/h7-10,15-17,19H,2-6,11-12H2,1H3. The zero-order chi connectivity index (χ0) is 13.9. The molecule has 2 saturated heterocycles. The van der Waals surface area contributed by atoms with Gasteiger partial charge in [-0.3, -0.25) is 4.90 Å². The van der Waals surface area contributed by atoms with Crippen LogP contribution in [-0.2, 0) is 0 Å². The maximum atomic E-state index is 6.03. The minimum absolute atomic E-state index is 0.544. The van der Waals surface area contributed by atoms with Crippen molar-refractivity contribution in [1.82, 2.24) is 10.2 Å². The maximum absolute atomic E-state index is 6.03. The second-order valence-electron chi connectivity index (χ2n) is 6.13. The Balaban J connectivity index is 1.78. The molecule has 0 radical (unpaired) electrons. The smallest absolute Gasteiger partial charge is 0.0406 e. The highest BCUT2D eigenvalue weighted by atomic mass is 35.5. The van der Waals surface area contributed by atoms with Crippen molar-refractivity contribution >= 4 is 11.6 Å². The Morgan fingerprint density at radius 2 is 2.05 bits per heavy atom. The number of rotatable bonds is 4. The number of hydrogen-bond donors (Lipinski definition) is 1. The molecule has 1 aromatic rings. The monoisotopic (exact) mass is 292 g/mol. The second kappa shape index (κ2) is 6.46. The highest BCUT2D eigenvalue weighted by Crippen LogP contribution is 2.35. The maximum Gasteiger partial charge on any atom is 0.0406 e. The van der Waals surface area contributed by atoms with Crippen molar-refractivity contribution in [3.05, 3.63) is 34.9 Å². The van der Waals surface area contributed by atoms with Gasteiger partial charge in [0.2, 0.25) is 0 Å². The predicted octanol–water partition coefficient (Wildman–Crippen LogP) is 4.01. The molecule has 20 heavy (non-hydrogen) atoms. The molecule has 1 N–H and O–H groups in total. The van der Waals surface area contributed by atoms with Gasteiger partial charge in [-0.25, -0.2) is 0 Å². The lowest BCUT2D eigenvalue weighted by Crippen LogP contribution is -2.45. The van der Waals surface area contributed by atoms with Crippen LogP contribution in [0.2, 0.25) is 5.02 Å². The first-order valence-corrected chi connectivity index (χ1v) is 8.42. The largest absolute Gasteiger partial charge is 0.312 e. The average molecular weight is 293 g/mol. The normalized spacial score (nSPS) is 28.9. The molecule has 110 valence electrons. The second-order valence-corrected chi connectivity index (χ2v) is 6.56. The molecule has 2 aliphatic heterocycles. The lowest BCUT2D eigenvalue weighted by molar-refractivity contribution is 0.149. The van der Waals surface area contributed by atoms with Crippen LogP contribution in [0.3, 0.4) is 0 Å². The molecule has 3 rings (SSSR count). The van der Waals surface area contributed by atoms with Crippen LogP contribution in [0.15, 0.2) is 24.3 Å². The Kier molecular flexibility index (Phi) is 4.65. The summed E-state index contributed by atoms with van der Waals surface area (Å²) in [5.41, 5.74) is 1.42. The SMILES string of the molecule is CCC(c1ccc(Cl)cc1)N1CCCC1C1CCCN1. The number of nitrogens with zero attached hydrogens (tertiary/aromatic N) is 1. The molecule has 0 bridgehead atoms. The molecule has 2 fully saturated rings. The highest BCUT2D eigenvalue weighted by Gasteiger charge is 2.36. The van der Waals surface area contributed by atoms with E-state index in [1.807, 2.05) is 12.1 Å². The third-order valence-electron chi connectivity index (χ3n) is 4.95. The number of hydrogen-bond acceptors (Lipinski definition) is 2. The first-order valence-electron chi connectivity index (χ1n) is 8.04. The summed E-state index contributed by atoms with van der Waals surface area (Å²) in [4.78, 5) is 2.74. The van der Waals surface area contributed by atoms with Crippen LogP contribution in [-0.4, -0.2) is 30.1 Å². The lowest BCUT2D eigenvalue weighted by Gasteiger charge is -2.36. The summed E-state index contributed by atoms with van der Waals surface area (Å²) in [5.74, 6) is 0. The van der Waals surface area contributed by atoms with Gasteiger partial charge in [-0.05, 0) is 62.9 Å². The van der Waals surface area contributed by atoms with E-state index in [1.54, 1.807) is 0 Å². The predicted molar refractivity (Wildman–Crippen MR) is 85.2 cm³/mol. The van der Waals surface area contributed by atoms with Crippen molar-refractivity contribution in [1.29, 1.82) is 0 Å². The van der Waals surface area contributed by atoms with Crippen LogP contribution in [0.4, 0.5) is 0 Å². The van der Waals surface area contributed by atoms with E-state index in [1.165, 1.54) is 50.8 Å². The Morgan fingerprint density at radius 3 is 2.70 bits per heavy atom. The molecule has 2 aliphatic rings. The Labute approximate surface area is 127 Å². The third kappa shape index (κ3) is 2.88. The number of nitrogens with one attached hydrogen (secondary N) is 1. The van der Waals surface area contributed by atoms with E-state index < -0.39 is 0 Å². The van der Waals surface area contributed by atoms with Gasteiger partial charge >= 0.3 is 0 Å². The summed E-state index contributed by atoms with van der Waals surface area (Å²) in [7, 11) is 0. The summed E-state index contributed by atoms with van der Waals surface area (Å²) in [6, 6.07) is 10.4. The molecule has 3 unspecified atom stereocenters. The van der Waals surface area contributed by atoms with Gasteiger partial charge in [0.25, 0.3) is 0 Å². The van der Waals surface area contributed by atoms with E-state index in [4.69, 9.17) is 11.6 Å². The third-order valence-corrected chi connectivity index (χ3v) is 5.20. The van der Waals surface area contributed by atoms with Crippen molar-refractivity contribution in [2.75, 3.05) is 13.1 Å². The Hall–Kier alpha value is -0.570. The summed E-state index contributed by atoms with van der Waals surface area (Å²) < 4.78 is 0. The Morgan fingerprint density at radius 1 is 1.25 bits per heavy atom. The molecule has 3 heteroatoms. The summed E-state index contributed by atoms with van der Waals surface area (Å²) >= 11 is 6.03. The van der Waals surface area contributed by atoms with Crippen molar-refractivity contribution in [3.63, 3.8) is 0 Å². The van der Waals surface area contributed by atoms with E-state index in [0.717, 1.165) is 11.1 Å². The first-order chi connectivity index (χ1) is 9.79. The number of benzene rings is 1. The lowest BCUT2D eigenvalue weighted by atomic mass is 9.98. The molecule has 1 aromatic carbocycles. The quantitative estimate of drug-likeness (QED) is 0.902. The number of likely N-dealkylation sites (tertiary alicyclic amines) is 1. The van der Waals surface area contributed by atoms with Crippen LogP contribution in [0, 0.1) is 0 Å². The summed E-state index contributed by atoms with van der Waals surface area (Å²) in [6.07, 6.45) is 6.55. The van der Waals surface area contributed by atoms with Gasteiger partial charge in [-0.1, -0.05) is 30.7 Å². The van der Waals surface area contributed by atoms with E-state index in [-0.39, 0.29) is 0 Å². The van der Waals surface area contributed by atoms with Crippen LogP contribution < -0.4 is 5.32 Å². The molecule has 2 nitrogen and oxygen atoms in total. The molecule has 3 atom stereocenters. The van der Waals surface area contributed by atoms with Gasteiger partial charge in [-0.15, -0.1) is 0 Å². The fourth-order valence-corrected chi connectivity index (χ4v) is 4.15. The van der Waals surface area contributed by atoms with Gasteiger partial charge < -0.3 is 5.32 Å². The van der Waals surface area contributed by atoms with Crippen molar-refractivity contribution in [2.45, 2.75) is 57.2 Å². The topological polar surface area (TPSA) is 15.3 Å². The summed E-state index contributed by atoms with van der Waals surface area (Å²) in [6.45, 7) is 4.74. The summed E-state index contributed by atoms with van der Waals surface area (Å²) in [5, 5.41) is 4.54. The average Bonchev–Trinajstić information content (AvgIpc) is 3.12. The molecule has 0 aromatic heterocycles. The fourth-order valence-electron chi connectivity index (χ4n) is 4.02. The van der Waals surface area contributed by atoms with Gasteiger partial charge in [0, 0.05) is 23.1 Å². The molecule has 2 heterocycles. The minimum atomic E-state index is 0.544. The van der Waals surface area contributed by atoms with E-state index >= 15 is 0 Å². The number of halogens is 1. The van der Waals surface area contributed by atoms with Gasteiger partial charge in [0.1, 0.15) is 0 Å². The first kappa shape index (κ1) is 14.4. The van der Waals surface area contributed by atoms with E-state index in [2.05, 4.69) is 29.3 Å². The molecule has 0 saturated carbocycles. The fraction of sp³-hybridized carbons (Fsp3) is 0.647. The van der Waals surface area contributed by atoms with Crippen molar-refractivity contribution in [3.8, 4) is 0 Å². The van der Waals surface area contributed by atoms with Gasteiger partial charge in [0.15, 0.2) is 0 Å². The van der Waals surface area contributed by atoms with Crippen LogP contribution in [0.5, 0.6) is 0 Å². The van der Waals surface area contributed by atoms with Crippen LogP contribution >= 0.6 is 11.6 Å². The minimum Gasteiger partial charge on any atom is -0.312 e. The van der Waals surface area contributed by atoms with Crippen molar-refractivity contribution < 1.29 is 0 Å². The molecule has 0 spiro atoms. The van der Waals surface area contributed by atoms with E-state index in [0.29, 0.717) is 12.1 Å². The van der Waals surface area contributed by atoms with E-state index in [9.17, 15) is 0 Å².